The van der Waals surface area contributed by atoms with Gasteiger partial charge in [-0.25, -0.2) is 4.79 Å². The molecule has 1 unspecified atom stereocenters. The van der Waals surface area contributed by atoms with Gasteiger partial charge in [-0.3, -0.25) is 9.59 Å². The average molecular weight is 339 g/mol. The van der Waals surface area contributed by atoms with Crippen LogP contribution in [0.1, 0.15) is 36.5 Å². The zero-order chi connectivity index (χ0) is 17.8. The largest absolute Gasteiger partial charge is 0.392 e. The predicted molar refractivity (Wildman–Crippen MR) is 94.2 cm³/mol. The van der Waals surface area contributed by atoms with Crippen molar-refractivity contribution in [3.05, 3.63) is 48.0 Å². The van der Waals surface area contributed by atoms with Gasteiger partial charge in [-0.05, 0) is 30.2 Å². The summed E-state index contributed by atoms with van der Waals surface area (Å²) in [6.07, 6.45) is 1.58. The average Bonchev–Trinajstić information content (AvgIpc) is 3.15. The maximum atomic E-state index is 12.6. The first kappa shape index (κ1) is 17.3. The standard InChI is InChI=1S/C20H21NO4/c1-13(19(23)25-20(24)17-10-5-11-21-17)12-18(22)16-9-4-7-14-6-2-3-8-15(14)16/h2-4,6-9,13,17,21H,5,10-12H2,1H3/t13?,17-/m0/s1. The molecule has 0 bridgehead atoms. The Morgan fingerprint density at radius 3 is 2.68 bits per heavy atom. The molecule has 1 fully saturated rings. The minimum Gasteiger partial charge on any atom is -0.392 e. The van der Waals surface area contributed by atoms with Gasteiger partial charge in [-0.1, -0.05) is 49.4 Å². The fourth-order valence-electron chi connectivity index (χ4n) is 3.10. The number of ether oxygens (including phenoxy) is 1. The van der Waals surface area contributed by atoms with E-state index in [1.807, 2.05) is 36.4 Å². The number of hydrogen-bond donors (Lipinski definition) is 1. The Kier molecular flexibility index (Phi) is 5.24. The number of hydrogen-bond acceptors (Lipinski definition) is 5. The molecular formula is C20H21NO4. The Morgan fingerprint density at radius 1 is 1.16 bits per heavy atom. The molecule has 2 aromatic rings. The third kappa shape index (κ3) is 3.94. The summed E-state index contributed by atoms with van der Waals surface area (Å²) in [6.45, 7) is 2.36. The molecule has 1 aliphatic heterocycles. The number of ketones is 1. The summed E-state index contributed by atoms with van der Waals surface area (Å²) < 4.78 is 4.93. The maximum absolute atomic E-state index is 12.6. The Balaban J connectivity index is 1.65. The van der Waals surface area contributed by atoms with Crippen molar-refractivity contribution in [3.8, 4) is 0 Å². The first-order valence-electron chi connectivity index (χ1n) is 8.56. The lowest BCUT2D eigenvalue weighted by Gasteiger charge is -2.13. The van der Waals surface area contributed by atoms with Crippen molar-refractivity contribution >= 4 is 28.5 Å². The quantitative estimate of drug-likeness (QED) is 0.515. The number of benzene rings is 2. The van der Waals surface area contributed by atoms with Gasteiger partial charge in [-0.2, -0.15) is 0 Å². The fraction of sp³-hybridized carbons (Fsp3) is 0.350. The summed E-state index contributed by atoms with van der Waals surface area (Å²) in [4.78, 5) is 36.6. The van der Waals surface area contributed by atoms with Crippen molar-refractivity contribution in [3.63, 3.8) is 0 Å². The van der Waals surface area contributed by atoms with Crippen LogP contribution in [-0.2, 0) is 14.3 Å². The van der Waals surface area contributed by atoms with E-state index < -0.39 is 23.9 Å². The maximum Gasteiger partial charge on any atom is 0.330 e. The normalized spacial score (nSPS) is 18.0. The Hall–Kier alpha value is -2.53. The van der Waals surface area contributed by atoms with Crippen molar-refractivity contribution in [2.45, 2.75) is 32.2 Å². The number of esters is 2. The summed E-state index contributed by atoms with van der Waals surface area (Å²) in [5, 5.41) is 4.83. The third-order valence-electron chi connectivity index (χ3n) is 4.53. The summed E-state index contributed by atoms with van der Waals surface area (Å²) in [7, 11) is 0. The Labute approximate surface area is 146 Å². The minimum atomic E-state index is -0.670. The van der Waals surface area contributed by atoms with Crippen LogP contribution in [0.15, 0.2) is 42.5 Å². The van der Waals surface area contributed by atoms with E-state index in [4.69, 9.17) is 4.74 Å². The number of carbonyl (C=O) groups excluding carboxylic acids is 3. The van der Waals surface area contributed by atoms with Gasteiger partial charge in [0.05, 0.1) is 5.92 Å². The lowest BCUT2D eigenvalue weighted by atomic mass is 9.95. The van der Waals surface area contributed by atoms with E-state index in [2.05, 4.69) is 5.32 Å². The number of Topliss-reactive ketones (excluding diaryl/α,β-unsaturated/α-hetero) is 1. The molecule has 25 heavy (non-hydrogen) atoms. The lowest BCUT2D eigenvalue weighted by molar-refractivity contribution is -0.163. The van der Waals surface area contributed by atoms with E-state index in [1.54, 1.807) is 13.0 Å². The molecule has 1 heterocycles. The SMILES string of the molecule is CC(CC(=O)c1cccc2ccccc12)C(=O)OC(=O)[C@@H]1CCCN1. The zero-order valence-corrected chi connectivity index (χ0v) is 14.2. The van der Waals surface area contributed by atoms with Gasteiger partial charge in [0.25, 0.3) is 0 Å². The summed E-state index contributed by atoms with van der Waals surface area (Å²) in [6, 6.07) is 12.7. The van der Waals surface area contributed by atoms with Gasteiger partial charge < -0.3 is 10.1 Å². The van der Waals surface area contributed by atoms with Crippen LogP contribution in [0.3, 0.4) is 0 Å². The van der Waals surface area contributed by atoms with Gasteiger partial charge in [0.2, 0.25) is 0 Å². The molecule has 130 valence electrons. The van der Waals surface area contributed by atoms with Crippen molar-refractivity contribution in [1.82, 2.24) is 5.32 Å². The highest BCUT2D eigenvalue weighted by Gasteiger charge is 2.28. The number of nitrogens with one attached hydrogen (secondary N) is 1. The number of rotatable bonds is 5. The van der Waals surface area contributed by atoms with Crippen LogP contribution in [0, 0.1) is 5.92 Å². The first-order valence-corrected chi connectivity index (χ1v) is 8.56. The van der Waals surface area contributed by atoms with Gasteiger partial charge >= 0.3 is 11.9 Å². The lowest BCUT2D eigenvalue weighted by Crippen LogP contribution is -2.35. The molecule has 5 nitrogen and oxygen atoms in total. The number of fused-ring (bicyclic) bond motifs is 1. The monoisotopic (exact) mass is 339 g/mol. The van der Waals surface area contributed by atoms with Crippen LogP contribution in [0.5, 0.6) is 0 Å². The van der Waals surface area contributed by atoms with Crippen LogP contribution >= 0.6 is 0 Å². The van der Waals surface area contributed by atoms with E-state index in [1.165, 1.54) is 0 Å². The fourth-order valence-corrected chi connectivity index (χ4v) is 3.10. The minimum absolute atomic E-state index is 0.0121. The summed E-state index contributed by atoms with van der Waals surface area (Å²) in [5.74, 6) is -2.00. The first-order chi connectivity index (χ1) is 12.1. The summed E-state index contributed by atoms with van der Waals surface area (Å²) in [5.41, 5.74) is 0.585. The Morgan fingerprint density at radius 2 is 1.92 bits per heavy atom. The van der Waals surface area contributed by atoms with Crippen LogP contribution in [0.25, 0.3) is 10.8 Å². The predicted octanol–water partition coefficient (Wildman–Crippen LogP) is 2.87. The van der Waals surface area contributed by atoms with E-state index in [-0.39, 0.29) is 12.2 Å². The highest BCUT2D eigenvalue weighted by atomic mass is 16.6. The van der Waals surface area contributed by atoms with Crippen molar-refractivity contribution in [1.29, 1.82) is 0 Å². The second-order valence-electron chi connectivity index (χ2n) is 6.44. The Bertz CT molecular complexity index is 803. The van der Waals surface area contributed by atoms with Crippen molar-refractivity contribution in [2.75, 3.05) is 6.54 Å². The molecule has 0 aliphatic carbocycles. The highest BCUT2D eigenvalue weighted by molar-refractivity contribution is 6.09. The van der Waals surface area contributed by atoms with Gasteiger partial charge in [-0.15, -0.1) is 0 Å². The molecule has 0 aromatic heterocycles. The van der Waals surface area contributed by atoms with Gasteiger partial charge in [0, 0.05) is 12.0 Å². The van der Waals surface area contributed by atoms with Crippen LogP contribution < -0.4 is 5.32 Å². The van der Waals surface area contributed by atoms with Crippen molar-refractivity contribution < 1.29 is 19.1 Å². The molecule has 0 radical (unpaired) electrons. The molecule has 1 aliphatic rings. The van der Waals surface area contributed by atoms with E-state index in [0.29, 0.717) is 12.0 Å². The molecule has 0 spiro atoms. The molecule has 0 saturated carbocycles. The van der Waals surface area contributed by atoms with Crippen molar-refractivity contribution in [2.24, 2.45) is 5.92 Å². The second-order valence-corrected chi connectivity index (χ2v) is 6.44. The molecule has 3 rings (SSSR count). The van der Waals surface area contributed by atoms with Crippen LogP contribution in [0.4, 0.5) is 0 Å². The van der Waals surface area contributed by atoms with Crippen LogP contribution in [-0.4, -0.2) is 30.3 Å². The molecular weight excluding hydrogens is 318 g/mol. The van der Waals surface area contributed by atoms with Gasteiger partial charge in [0.15, 0.2) is 5.78 Å². The topological polar surface area (TPSA) is 72.5 Å². The third-order valence-corrected chi connectivity index (χ3v) is 4.53. The van der Waals surface area contributed by atoms with E-state index in [9.17, 15) is 14.4 Å². The molecule has 1 N–H and O–H groups in total. The van der Waals surface area contributed by atoms with E-state index in [0.717, 1.165) is 23.7 Å². The number of carbonyl (C=O) groups is 3. The molecule has 0 amide bonds. The summed E-state index contributed by atoms with van der Waals surface area (Å²) >= 11 is 0. The smallest absolute Gasteiger partial charge is 0.330 e. The highest BCUT2D eigenvalue weighted by Crippen LogP contribution is 2.21. The molecule has 2 atom stereocenters. The zero-order valence-electron chi connectivity index (χ0n) is 14.2. The molecule has 5 heteroatoms. The molecule has 2 aromatic carbocycles. The second kappa shape index (κ2) is 7.57. The van der Waals surface area contributed by atoms with Gasteiger partial charge in [0.1, 0.15) is 6.04 Å². The molecule has 1 saturated heterocycles. The van der Waals surface area contributed by atoms with E-state index >= 15 is 0 Å². The van der Waals surface area contributed by atoms with Crippen LogP contribution in [0.2, 0.25) is 0 Å².